The first kappa shape index (κ1) is 15.4. The van der Waals surface area contributed by atoms with Gasteiger partial charge in [-0.15, -0.1) is 21.6 Å². The topological polar surface area (TPSA) is 79.8 Å². The number of aromatic nitrogens is 2. The van der Waals surface area contributed by atoms with Crippen molar-refractivity contribution in [2.24, 2.45) is 10.2 Å². The van der Waals surface area contributed by atoms with Crippen LogP contribution in [-0.2, 0) is 17.8 Å². The van der Waals surface area contributed by atoms with E-state index in [9.17, 15) is 9.90 Å². The monoisotopic (exact) mass is 328 g/mol. The van der Waals surface area contributed by atoms with Gasteiger partial charge in [0.2, 0.25) is 5.88 Å². The van der Waals surface area contributed by atoms with Crippen molar-refractivity contribution in [3.8, 4) is 5.88 Å². The second kappa shape index (κ2) is 6.29. The van der Waals surface area contributed by atoms with E-state index in [1.807, 2.05) is 43.5 Å². The summed E-state index contributed by atoms with van der Waals surface area (Å²) in [6.45, 7) is 4.42. The number of carbonyl (C=O) groups excluding carboxylic acids is 1. The number of rotatable bonds is 4. The van der Waals surface area contributed by atoms with E-state index < -0.39 is 0 Å². The van der Waals surface area contributed by atoms with E-state index in [4.69, 9.17) is 0 Å². The number of nitrogens with zero attached hydrogens (tertiary/aromatic N) is 4. The predicted octanol–water partition coefficient (Wildman–Crippen LogP) is 3.98. The Labute approximate surface area is 137 Å². The molecule has 0 aliphatic rings. The number of amides is 1. The standard InChI is InChI=1S/C16H16N4O2S/c1-3-20-12-7-5-4-6-11(12)15(16(20)22)19-18-13(21)8-14-17-10(2)9-23-14/h4-7,9,22H,3,8H2,1-2H3. The maximum atomic E-state index is 11.9. The molecule has 2 aromatic heterocycles. The highest BCUT2D eigenvalue weighted by Gasteiger charge is 2.15. The van der Waals surface area contributed by atoms with E-state index in [0.29, 0.717) is 17.2 Å². The molecule has 6 nitrogen and oxygen atoms in total. The van der Waals surface area contributed by atoms with Crippen molar-refractivity contribution in [3.63, 3.8) is 0 Å². The molecule has 118 valence electrons. The molecule has 0 fully saturated rings. The highest BCUT2D eigenvalue weighted by atomic mass is 32.1. The second-order valence-electron chi connectivity index (χ2n) is 5.09. The highest BCUT2D eigenvalue weighted by Crippen LogP contribution is 2.38. The summed E-state index contributed by atoms with van der Waals surface area (Å²) in [6, 6.07) is 7.51. The molecule has 0 unspecified atom stereocenters. The quantitative estimate of drug-likeness (QED) is 0.735. The van der Waals surface area contributed by atoms with Gasteiger partial charge in [-0.2, -0.15) is 0 Å². The minimum absolute atomic E-state index is 0.0235. The van der Waals surface area contributed by atoms with E-state index in [1.54, 1.807) is 4.57 Å². The number of aromatic hydroxyl groups is 1. The van der Waals surface area contributed by atoms with Crippen LogP contribution in [0.5, 0.6) is 5.88 Å². The maximum Gasteiger partial charge on any atom is 0.271 e. The molecule has 1 N–H and O–H groups in total. The van der Waals surface area contributed by atoms with Gasteiger partial charge in [0.1, 0.15) is 5.01 Å². The third-order valence-electron chi connectivity index (χ3n) is 3.46. The molecular weight excluding hydrogens is 312 g/mol. The molecule has 2 heterocycles. The van der Waals surface area contributed by atoms with E-state index >= 15 is 0 Å². The third kappa shape index (κ3) is 3.00. The summed E-state index contributed by atoms with van der Waals surface area (Å²) < 4.78 is 1.73. The number of aryl methyl sites for hydroxylation is 2. The largest absolute Gasteiger partial charge is 0.493 e. The summed E-state index contributed by atoms with van der Waals surface area (Å²) in [6.07, 6.45) is 0.120. The Balaban J connectivity index is 1.89. The fourth-order valence-corrected chi connectivity index (χ4v) is 3.21. The number of benzene rings is 1. The van der Waals surface area contributed by atoms with Crippen LogP contribution < -0.4 is 0 Å². The van der Waals surface area contributed by atoms with Gasteiger partial charge in [0.25, 0.3) is 5.91 Å². The molecule has 7 heteroatoms. The zero-order valence-corrected chi connectivity index (χ0v) is 13.7. The number of carbonyl (C=O) groups is 1. The Morgan fingerprint density at radius 2 is 2.17 bits per heavy atom. The molecule has 0 spiro atoms. The number of thiazole rings is 1. The lowest BCUT2D eigenvalue weighted by molar-refractivity contribution is -0.117. The average Bonchev–Trinajstić information content (AvgIpc) is 3.05. The summed E-state index contributed by atoms with van der Waals surface area (Å²) in [4.78, 5) is 16.2. The van der Waals surface area contributed by atoms with Crippen molar-refractivity contribution in [2.75, 3.05) is 0 Å². The van der Waals surface area contributed by atoms with Gasteiger partial charge in [0.05, 0.1) is 11.9 Å². The summed E-state index contributed by atoms with van der Waals surface area (Å²) in [5, 5.41) is 21.4. The van der Waals surface area contributed by atoms with Gasteiger partial charge in [-0.3, -0.25) is 4.79 Å². The van der Waals surface area contributed by atoms with Crippen LogP contribution in [-0.4, -0.2) is 20.6 Å². The summed E-state index contributed by atoms with van der Waals surface area (Å²) in [7, 11) is 0. The first-order chi connectivity index (χ1) is 11.1. The van der Waals surface area contributed by atoms with Gasteiger partial charge in [0, 0.05) is 23.0 Å². The Bertz CT molecular complexity index is 895. The van der Waals surface area contributed by atoms with Gasteiger partial charge < -0.3 is 9.67 Å². The van der Waals surface area contributed by atoms with Crippen LogP contribution in [0.4, 0.5) is 5.69 Å². The van der Waals surface area contributed by atoms with Gasteiger partial charge in [0.15, 0.2) is 5.69 Å². The Hall–Kier alpha value is -2.54. The van der Waals surface area contributed by atoms with Crippen molar-refractivity contribution in [2.45, 2.75) is 26.8 Å². The van der Waals surface area contributed by atoms with Gasteiger partial charge in [-0.05, 0) is 19.9 Å². The summed E-state index contributed by atoms with van der Waals surface area (Å²) in [5.41, 5.74) is 2.08. The fraction of sp³-hybridized carbons (Fsp3) is 0.250. The predicted molar refractivity (Wildman–Crippen MR) is 89.4 cm³/mol. The molecule has 0 radical (unpaired) electrons. The van der Waals surface area contributed by atoms with E-state index in [1.165, 1.54) is 11.3 Å². The van der Waals surface area contributed by atoms with Crippen LogP contribution in [0.1, 0.15) is 17.6 Å². The number of hydrogen-bond donors (Lipinski definition) is 1. The van der Waals surface area contributed by atoms with Crippen LogP contribution in [0, 0.1) is 6.92 Å². The van der Waals surface area contributed by atoms with E-state index in [-0.39, 0.29) is 18.2 Å². The first-order valence-corrected chi connectivity index (χ1v) is 8.14. The zero-order chi connectivity index (χ0) is 16.4. The molecule has 3 aromatic rings. The van der Waals surface area contributed by atoms with Crippen molar-refractivity contribution in [1.29, 1.82) is 0 Å². The highest BCUT2D eigenvalue weighted by molar-refractivity contribution is 7.09. The SMILES string of the molecule is CCn1c(O)c(N=NC(=O)Cc2nc(C)cs2)c2ccccc21. The van der Waals surface area contributed by atoms with Gasteiger partial charge >= 0.3 is 0 Å². The van der Waals surface area contributed by atoms with Crippen molar-refractivity contribution >= 4 is 33.8 Å². The van der Waals surface area contributed by atoms with E-state index in [0.717, 1.165) is 16.6 Å². The first-order valence-electron chi connectivity index (χ1n) is 7.26. The number of azo groups is 1. The Morgan fingerprint density at radius 1 is 1.39 bits per heavy atom. The van der Waals surface area contributed by atoms with Crippen LogP contribution >= 0.6 is 11.3 Å². The molecule has 0 bridgehead atoms. The molecule has 0 saturated heterocycles. The third-order valence-corrected chi connectivity index (χ3v) is 4.43. The second-order valence-corrected chi connectivity index (χ2v) is 6.03. The molecule has 0 saturated carbocycles. The fourth-order valence-electron chi connectivity index (χ4n) is 2.44. The molecule has 0 aliphatic carbocycles. The molecule has 3 rings (SSSR count). The number of fused-ring (bicyclic) bond motifs is 1. The van der Waals surface area contributed by atoms with Crippen molar-refractivity contribution in [1.82, 2.24) is 9.55 Å². The average molecular weight is 328 g/mol. The van der Waals surface area contributed by atoms with Crippen LogP contribution in [0.3, 0.4) is 0 Å². The summed E-state index contributed by atoms with van der Waals surface area (Å²) >= 11 is 1.43. The molecule has 1 amide bonds. The van der Waals surface area contributed by atoms with Gasteiger partial charge in [-0.1, -0.05) is 18.2 Å². The normalized spacial score (nSPS) is 11.6. The lowest BCUT2D eigenvalue weighted by atomic mass is 10.2. The summed E-state index contributed by atoms with van der Waals surface area (Å²) in [5.74, 6) is -0.359. The Kier molecular flexibility index (Phi) is 4.20. The van der Waals surface area contributed by atoms with Crippen LogP contribution in [0.2, 0.25) is 0 Å². The number of para-hydroxylation sites is 1. The molecule has 0 atom stereocenters. The zero-order valence-electron chi connectivity index (χ0n) is 12.9. The van der Waals surface area contributed by atoms with E-state index in [2.05, 4.69) is 15.2 Å². The molecule has 1 aromatic carbocycles. The molecule has 23 heavy (non-hydrogen) atoms. The van der Waals surface area contributed by atoms with Crippen molar-refractivity contribution < 1.29 is 9.90 Å². The minimum atomic E-state index is -0.382. The Morgan fingerprint density at radius 3 is 2.87 bits per heavy atom. The molecule has 0 aliphatic heterocycles. The smallest absolute Gasteiger partial charge is 0.271 e. The lowest BCUT2D eigenvalue weighted by Gasteiger charge is -2.00. The van der Waals surface area contributed by atoms with Crippen LogP contribution in [0.25, 0.3) is 10.9 Å². The van der Waals surface area contributed by atoms with Crippen molar-refractivity contribution in [3.05, 3.63) is 40.3 Å². The lowest BCUT2D eigenvalue weighted by Crippen LogP contribution is -1.97. The van der Waals surface area contributed by atoms with Crippen LogP contribution in [0.15, 0.2) is 39.9 Å². The van der Waals surface area contributed by atoms with Gasteiger partial charge in [-0.25, -0.2) is 4.98 Å². The minimum Gasteiger partial charge on any atom is -0.493 e. The molecular formula is C16H16N4O2S. The maximum absolute atomic E-state index is 11.9. The number of hydrogen-bond acceptors (Lipinski definition) is 5.